The Bertz CT molecular complexity index is 404. The van der Waals surface area contributed by atoms with Crippen molar-refractivity contribution in [1.29, 1.82) is 0 Å². The highest BCUT2D eigenvalue weighted by Crippen LogP contribution is 2.28. The lowest BCUT2D eigenvalue weighted by molar-refractivity contribution is 0.0315. The highest BCUT2D eigenvalue weighted by Gasteiger charge is 2.21. The van der Waals surface area contributed by atoms with Gasteiger partial charge in [-0.3, -0.25) is 0 Å². The number of aliphatic hydroxyl groups excluding tert-OH is 1. The molecule has 19 heavy (non-hydrogen) atoms. The molecule has 2 N–H and O–H groups in total. The van der Waals surface area contributed by atoms with E-state index in [-0.39, 0.29) is 6.04 Å². The summed E-state index contributed by atoms with van der Waals surface area (Å²) in [5, 5.41) is 14.3. The van der Waals surface area contributed by atoms with Gasteiger partial charge in [0.2, 0.25) is 0 Å². The number of ether oxygens (including phenoxy) is 1. The van der Waals surface area contributed by atoms with Crippen molar-refractivity contribution in [1.82, 2.24) is 10.3 Å². The Labute approximate surface area is 119 Å². The van der Waals surface area contributed by atoms with E-state index in [0.29, 0.717) is 13.2 Å². The molecule has 1 aromatic heterocycles. The first-order chi connectivity index (χ1) is 9.06. The SMILES string of the molecule is Cc1nc(C)c(C(C)NCC(O)COCC2CC2)s1. The third-order valence-electron chi connectivity index (χ3n) is 3.35. The molecular weight excluding hydrogens is 260 g/mol. The van der Waals surface area contributed by atoms with Crippen LogP contribution in [0, 0.1) is 19.8 Å². The second-order valence-electron chi connectivity index (χ2n) is 5.45. The van der Waals surface area contributed by atoms with Crippen LogP contribution in [0.15, 0.2) is 0 Å². The van der Waals surface area contributed by atoms with Crippen LogP contribution in [0.5, 0.6) is 0 Å². The number of hydrogen-bond donors (Lipinski definition) is 2. The molecule has 0 radical (unpaired) electrons. The summed E-state index contributed by atoms with van der Waals surface area (Å²) in [6.07, 6.45) is 2.14. The smallest absolute Gasteiger partial charge is 0.0900 e. The number of rotatable bonds is 8. The van der Waals surface area contributed by atoms with Crippen molar-refractivity contribution in [3.8, 4) is 0 Å². The van der Waals surface area contributed by atoms with Crippen LogP contribution in [0.1, 0.15) is 41.4 Å². The second kappa shape index (κ2) is 6.79. The first kappa shape index (κ1) is 14.9. The molecule has 2 rings (SSSR count). The fourth-order valence-corrected chi connectivity index (χ4v) is 3.02. The van der Waals surface area contributed by atoms with Crippen molar-refractivity contribution in [3.63, 3.8) is 0 Å². The Morgan fingerprint density at radius 2 is 2.21 bits per heavy atom. The van der Waals surface area contributed by atoms with Crippen molar-refractivity contribution >= 4 is 11.3 Å². The molecule has 1 aliphatic rings. The molecule has 2 unspecified atom stereocenters. The lowest BCUT2D eigenvalue weighted by Gasteiger charge is -2.16. The van der Waals surface area contributed by atoms with Gasteiger partial charge in [-0.1, -0.05) is 0 Å². The predicted octanol–water partition coefficient (Wildman–Crippen LogP) is 2.20. The quantitative estimate of drug-likeness (QED) is 0.768. The Kier molecular flexibility index (Phi) is 5.33. The molecule has 1 aliphatic carbocycles. The van der Waals surface area contributed by atoms with Crippen LogP contribution in [-0.2, 0) is 4.74 Å². The molecule has 1 aromatic rings. The van der Waals surface area contributed by atoms with Crippen molar-refractivity contribution in [2.45, 2.75) is 45.8 Å². The van der Waals surface area contributed by atoms with E-state index >= 15 is 0 Å². The Balaban J connectivity index is 1.66. The van der Waals surface area contributed by atoms with Crippen molar-refractivity contribution in [2.24, 2.45) is 5.92 Å². The number of aromatic nitrogens is 1. The fourth-order valence-electron chi connectivity index (χ4n) is 2.07. The highest BCUT2D eigenvalue weighted by atomic mass is 32.1. The van der Waals surface area contributed by atoms with Gasteiger partial charge in [0.05, 0.1) is 23.4 Å². The minimum absolute atomic E-state index is 0.226. The van der Waals surface area contributed by atoms with E-state index in [4.69, 9.17) is 4.74 Å². The molecule has 5 heteroatoms. The van der Waals surface area contributed by atoms with Gasteiger partial charge in [0.1, 0.15) is 0 Å². The molecule has 4 nitrogen and oxygen atoms in total. The number of aliphatic hydroxyl groups is 1. The largest absolute Gasteiger partial charge is 0.389 e. The summed E-state index contributed by atoms with van der Waals surface area (Å²) in [5.41, 5.74) is 1.09. The van der Waals surface area contributed by atoms with E-state index < -0.39 is 6.10 Å². The van der Waals surface area contributed by atoms with E-state index in [1.165, 1.54) is 17.7 Å². The topological polar surface area (TPSA) is 54.4 Å². The van der Waals surface area contributed by atoms with Gasteiger partial charge in [0.25, 0.3) is 0 Å². The Hall–Kier alpha value is -0.490. The maximum atomic E-state index is 9.85. The summed E-state index contributed by atoms with van der Waals surface area (Å²) in [4.78, 5) is 5.68. The molecule has 0 amide bonds. The van der Waals surface area contributed by atoms with Crippen LogP contribution in [0.4, 0.5) is 0 Å². The van der Waals surface area contributed by atoms with Gasteiger partial charge in [-0.05, 0) is 39.5 Å². The maximum Gasteiger partial charge on any atom is 0.0900 e. The first-order valence-corrected chi connectivity index (χ1v) is 7.81. The molecule has 0 aromatic carbocycles. The van der Waals surface area contributed by atoms with Crippen LogP contribution >= 0.6 is 11.3 Å². The summed E-state index contributed by atoms with van der Waals surface area (Å²) < 4.78 is 5.49. The Morgan fingerprint density at radius 1 is 1.47 bits per heavy atom. The third kappa shape index (κ3) is 4.84. The van der Waals surface area contributed by atoms with Crippen LogP contribution in [0.2, 0.25) is 0 Å². The molecule has 1 saturated carbocycles. The number of thiazole rings is 1. The zero-order valence-corrected chi connectivity index (χ0v) is 12.8. The standard InChI is InChI=1S/C14H24N2O2S/c1-9(14-10(2)16-11(3)19-14)15-6-13(17)8-18-7-12-4-5-12/h9,12-13,15,17H,4-8H2,1-3H3. The average molecular weight is 284 g/mol. The second-order valence-corrected chi connectivity index (χ2v) is 6.68. The lowest BCUT2D eigenvalue weighted by atomic mass is 10.2. The van der Waals surface area contributed by atoms with E-state index in [9.17, 15) is 5.11 Å². The molecule has 0 aliphatic heterocycles. The summed E-state index contributed by atoms with van der Waals surface area (Å²) in [6.45, 7) is 7.96. The average Bonchev–Trinajstić information content (AvgIpc) is 3.11. The van der Waals surface area contributed by atoms with Crippen LogP contribution in [-0.4, -0.2) is 36.0 Å². The van der Waals surface area contributed by atoms with Gasteiger partial charge in [0.15, 0.2) is 0 Å². The van der Waals surface area contributed by atoms with Gasteiger partial charge in [0, 0.05) is 24.1 Å². The van der Waals surface area contributed by atoms with E-state index in [1.54, 1.807) is 11.3 Å². The minimum Gasteiger partial charge on any atom is -0.389 e. The molecule has 0 spiro atoms. The summed E-state index contributed by atoms with van der Waals surface area (Å²) in [6, 6.07) is 0.226. The lowest BCUT2D eigenvalue weighted by Crippen LogP contribution is -2.32. The molecular formula is C14H24N2O2S. The van der Waals surface area contributed by atoms with Crippen LogP contribution in [0.25, 0.3) is 0 Å². The number of nitrogens with one attached hydrogen (secondary N) is 1. The molecule has 1 fully saturated rings. The summed E-state index contributed by atoms with van der Waals surface area (Å²) in [5.74, 6) is 0.752. The van der Waals surface area contributed by atoms with Gasteiger partial charge in [-0.25, -0.2) is 4.98 Å². The van der Waals surface area contributed by atoms with Gasteiger partial charge in [-0.2, -0.15) is 0 Å². The van der Waals surface area contributed by atoms with Crippen LogP contribution < -0.4 is 5.32 Å². The predicted molar refractivity (Wildman–Crippen MR) is 77.6 cm³/mol. The monoisotopic (exact) mass is 284 g/mol. The maximum absolute atomic E-state index is 9.85. The molecule has 2 atom stereocenters. The zero-order valence-electron chi connectivity index (χ0n) is 12.0. The number of hydrogen-bond acceptors (Lipinski definition) is 5. The molecule has 0 saturated heterocycles. The molecule has 0 bridgehead atoms. The minimum atomic E-state index is -0.435. The third-order valence-corrected chi connectivity index (χ3v) is 4.61. The van der Waals surface area contributed by atoms with Gasteiger partial charge >= 0.3 is 0 Å². The normalized spacial score (nSPS) is 18.5. The molecule has 1 heterocycles. The van der Waals surface area contributed by atoms with E-state index in [2.05, 4.69) is 17.2 Å². The number of nitrogens with zero attached hydrogens (tertiary/aromatic N) is 1. The zero-order chi connectivity index (χ0) is 13.8. The summed E-state index contributed by atoms with van der Waals surface area (Å²) in [7, 11) is 0. The number of aryl methyl sites for hydroxylation is 2. The fraction of sp³-hybridized carbons (Fsp3) is 0.786. The summed E-state index contributed by atoms with van der Waals surface area (Å²) >= 11 is 1.72. The highest BCUT2D eigenvalue weighted by molar-refractivity contribution is 7.11. The Morgan fingerprint density at radius 3 is 2.79 bits per heavy atom. The van der Waals surface area contributed by atoms with Crippen LogP contribution in [0.3, 0.4) is 0 Å². The first-order valence-electron chi connectivity index (χ1n) is 6.99. The van der Waals surface area contributed by atoms with Gasteiger partial charge < -0.3 is 15.2 Å². The molecule has 108 valence electrons. The van der Waals surface area contributed by atoms with Crippen molar-refractivity contribution in [2.75, 3.05) is 19.8 Å². The van der Waals surface area contributed by atoms with E-state index in [1.807, 2.05) is 13.8 Å². The van der Waals surface area contributed by atoms with E-state index in [0.717, 1.165) is 23.2 Å². The van der Waals surface area contributed by atoms with Gasteiger partial charge in [-0.15, -0.1) is 11.3 Å². The van der Waals surface area contributed by atoms with Crippen molar-refractivity contribution in [3.05, 3.63) is 15.6 Å². The van der Waals surface area contributed by atoms with Crippen molar-refractivity contribution < 1.29 is 9.84 Å².